The molecule has 2 rings (SSSR count). The Kier molecular flexibility index (Phi) is 5.60. The van der Waals surface area contributed by atoms with Crippen LogP contribution in [0, 0.1) is 6.92 Å². The SMILES string of the molecule is CCSC(C)CC(=O)N(C)n1cc(-c2cccnc2)nc1C. The Morgan fingerprint density at radius 3 is 2.91 bits per heavy atom. The largest absolute Gasteiger partial charge is 0.273 e. The van der Waals surface area contributed by atoms with Crippen LogP contribution in [0.2, 0.25) is 0 Å². The molecule has 0 spiro atoms. The van der Waals surface area contributed by atoms with Crippen LogP contribution in [-0.2, 0) is 4.79 Å². The fraction of sp³-hybridized carbons (Fsp3) is 0.438. The monoisotopic (exact) mass is 318 g/mol. The summed E-state index contributed by atoms with van der Waals surface area (Å²) in [6.45, 7) is 6.09. The van der Waals surface area contributed by atoms with Gasteiger partial charge in [0.05, 0.1) is 11.9 Å². The first-order valence-electron chi connectivity index (χ1n) is 7.37. The molecule has 0 saturated heterocycles. The van der Waals surface area contributed by atoms with Gasteiger partial charge in [0, 0.05) is 36.7 Å². The zero-order valence-electron chi connectivity index (χ0n) is 13.5. The Bertz CT molecular complexity index is 626. The maximum absolute atomic E-state index is 12.4. The van der Waals surface area contributed by atoms with Crippen LogP contribution in [0.4, 0.5) is 0 Å². The summed E-state index contributed by atoms with van der Waals surface area (Å²) in [5.41, 5.74) is 1.77. The van der Waals surface area contributed by atoms with E-state index in [4.69, 9.17) is 0 Å². The van der Waals surface area contributed by atoms with Gasteiger partial charge in [-0.1, -0.05) is 13.8 Å². The van der Waals surface area contributed by atoms with Crippen LogP contribution >= 0.6 is 11.8 Å². The predicted molar refractivity (Wildman–Crippen MR) is 91.6 cm³/mol. The number of hydrogen-bond acceptors (Lipinski definition) is 4. The molecule has 0 aliphatic heterocycles. The van der Waals surface area contributed by atoms with Crippen LogP contribution in [-0.4, -0.2) is 38.6 Å². The number of thioether (sulfide) groups is 1. The third-order valence-corrected chi connectivity index (χ3v) is 4.48. The molecule has 0 aliphatic carbocycles. The average Bonchev–Trinajstić information content (AvgIpc) is 2.89. The molecule has 2 heterocycles. The van der Waals surface area contributed by atoms with Gasteiger partial charge in [-0.3, -0.25) is 14.8 Å². The highest BCUT2D eigenvalue weighted by Gasteiger charge is 2.17. The molecule has 1 amide bonds. The van der Waals surface area contributed by atoms with Crippen molar-refractivity contribution in [2.45, 2.75) is 32.4 Å². The summed E-state index contributed by atoms with van der Waals surface area (Å²) in [5.74, 6) is 1.89. The number of imidazole rings is 1. The Hall–Kier alpha value is -1.82. The first-order valence-corrected chi connectivity index (χ1v) is 8.42. The van der Waals surface area contributed by atoms with Crippen LogP contribution in [0.15, 0.2) is 30.7 Å². The van der Waals surface area contributed by atoms with Crippen LogP contribution in [0.5, 0.6) is 0 Å². The fourth-order valence-corrected chi connectivity index (χ4v) is 3.09. The number of aromatic nitrogens is 3. The molecular formula is C16H22N4OS. The molecular weight excluding hydrogens is 296 g/mol. The van der Waals surface area contributed by atoms with Crippen molar-refractivity contribution >= 4 is 17.7 Å². The second-order valence-electron chi connectivity index (χ2n) is 5.15. The van der Waals surface area contributed by atoms with Gasteiger partial charge in [0.2, 0.25) is 5.91 Å². The first kappa shape index (κ1) is 16.5. The molecule has 1 unspecified atom stereocenters. The number of hydrogen-bond donors (Lipinski definition) is 0. The Labute approximate surface area is 135 Å². The van der Waals surface area contributed by atoms with E-state index in [0.29, 0.717) is 11.7 Å². The van der Waals surface area contributed by atoms with E-state index in [-0.39, 0.29) is 5.91 Å². The number of pyridine rings is 1. The minimum Gasteiger partial charge on any atom is -0.273 e. The van der Waals surface area contributed by atoms with Crippen molar-refractivity contribution in [2.24, 2.45) is 0 Å². The number of amides is 1. The first-order chi connectivity index (χ1) is 10.5. The normalized spacial score (nSPS) is 12.2. The molecule has 0 fully saturated rings. The van der Waals surface area contributed by atoms with Gasteiger partial charge in [0.1, 0.15) is 5.82 Å². The van der Waals surface area contributed by atoms with Gasteiger partial charge < -0.3 is 0 Å². The van der Waals surface area contributed by atoms with Crippen molar-refractivity contribution in [1.82, 2.24) is 14.6 Å². The van der Waals surface area contributed by atoms with Crippen LogP contribution < -0.4 is 5.01 Å². The van der Waals surface area contributed by atoms with Crippen molar-refractivity contribution in [3.63, 3.8) is 0 Å². The van der Waals surface area contributed by atoms with E-state index in [1.165, 1.54) is 0 Å². The number of nitrogens with zero attached hydrogens (tertiary/aromatic N) is 4. The van der Waals surface area contributed by atoms with Crippen molar-refractivity contribution in [3.05, 3.63) is 36.5 Å². The molecule has 22 heavy (non-hydrogen) atoms. The van der Waals surface area contributed by atoms with E-state index in [1.54, 1.807) is 40.9 Å². The van der Waals surface area contributed by atoms with Crippen molar-refractivity contribution in [3.8, 4) is 11.3 Å². The summed E-state index contributed by atoms with van der Waals surface area (Å²) >= 11 is 1.80. The van der Waals surface area contributed by atoms with Crippen molar-refractivity contribution in [2.75, 3.05) is 17.8 Å². The zero-order chi connectivity index (χ0) is 16.1. The van der Waals surface area contributed by atoms with E-state index in [2.05, 4.69) is 23.8 Å². The van der Waals surface area contributed by atoms with E-state index in [0.717, 1.165) is 22.8 Å². The third kappa shape index (κ3) is 3.88. The average molecular weight is 318 g/mol. The van der Waals surface area contributed by atoms with Crippen LogP contribution in [0.1, 0.15) is 26.1 Å². The number of carbonyl (C=O) groups is 1. The molecule has 6 heteroatoms. The van der Waals surface area contributed by atoms with E-state index in [1.807, 2.05) is 25.3 Å². The van der Waals surface area contributed by atoms with Gasteiger partial charge in [-0.15, -0.1) is 0 Å². The summed E-state index contributed by atoms with van der Waals surface area (Å²) in [6.07, 6.45) is 5.90. The number of aryl methyl sites for hydroxylation is 1. The molecule has 2 aromatic heterocycles. The molecule has 0 saturated carbocycles. The number of rotatable bonds is 6. The minimum absolute atomic E-state index is 0.0895. The summed E-state index contributed by atoms with van der Waals surface area (Å²) < 4.78 is 1.80. The second-order valence-corrected chi connectivity index (χ2v) is 6.86. The number of carbonyl (C=O) groups excluding carboxylic acids is 1. The van der Waals surface area contributed by atoms with Gasteiger partial charge in [-0.2, -0.15) is 11.8 Å². The highest BCUT2D eigenvalue weighted by Crippen LogP contribution is 2.18. The quantitative estimate of drug-likeness (QED) is 0.822. The van der Waals surface area contributed by atoms with Crippen LogP contribution in [0.3, 0.4) is 0 Å². The van der Waals surface area contributed by atoms with Gasteiger partial charge >= 0.3 is 0 Å². The maximum atomic E-state index is 12.4. The molecule has 5 nitrogen and oxygen atoms in total. The van der Waals surface area contributed by atoms with Crippen molar-refractivity contribution < 1.29 is 4.79 Å². The van der Waals surface area contributed by atoms with Gasteiger partial charge in [0.15, 0.2) is 0 Å². The lowest BCUT2D eigenvalue weighted by Gasteiger charge is -2.21. The topological polar surface area (TPSA) is 51.0 Å². The fourth-order valence-electron chi connectivity index (χ4n) is 2.26. The highest BCUT2D eigenvalue weighted by atomic mass is 32.2. The Balaban J connectivity index is 2.15. The predicted octanol–water partition coefficient (Wildman–Crippen LogP) is 2.88. The highest BCUT2D eigenvalue weighted by molar-refractivity contribution is 7.99. The molecule has 0 bridgehead atoms. The van der Waals surface area contributed by atoms with Crippen molar-refractivity contribution in [1.29, 1.82) is 0 Å². The van der Waals surface area contributed by atoms with Gasteiger partial charge in [0.25, 0.3) is 0 Å². The van der Waals surface area contributed by atoms with E-state index in [9.17, 15) is 4.79 Å². The summed E-state index contributed by atoms with van der Waals surface area (Å²) in [7, 11) is 1.79. The molecule has 1 atom stereocenters. The zero-order valence-corrected chi connectivity index (χ0v) is 14.3. The summed E-state index contributed by atoms with van der Waals surface area (Å²) in [5, 5.41) is 1.95. The molecule has 0 aliphatic rings. The smallest absolute Gasteiger partial charge is 0.242 e. The summed E-state index contributed by atoms with van der Waals surface area (Å²) in [6, 6.07) is 3.84. The molecule has 0 aromatic carbocycles. The van der Waals surface area contributed by atoms with Crippen LogP contribution in [0.25, 0.3) is 11.3 Å². The molecule has 0 radical (unpaired) electrons. The standard InChI is InChI=1S/C16H22N4OS/c1-5-22-12(2)9-16(21)19(4)20-11-15(18-13(20)3)14-7-6-8-17-10-14/h6-8,10-12H,5,9H2,1-4H3. The Morgan fingerprint density at radius 1 is 1.50 bits per heavy atom. The van der Waals surface area contributed by atoms with E-state index < -0.39 is 0 Å². The molecule has 2 aromatic rings. The maximum Gasteiger partial charge on any atom is 0.242 e. The van der Waals surface area contributed by atoms with Gasteiger partial charge in [-0.05, 0) is 24.8 Å². The lowest BCUT2D eigenvalue weighted by molar-refractivity contribution is -0.119. The minimum atomic E-state index is 0.0895. The molecule has 118 valence electrons. The van der Waals surface area contributed by atoms with E-state index >= 15 is 0 Å². The summed E-state index contributed by atoms with van der Waals surface area (Å²) in [4.78, 5) is 21.0. The lowest BCUT2D eigenvalue weighted by atomic mass is 10.2. The van der Waals surface area contributed by atoms with Gasteiger partial charge in [-0.25, -0.2) is 9.66 Å². The third-order valence-electron chi connectivity index (χ3n) is 3.41. The lowest BCUT2D eigenvalue weighted by Crippen LogP contribution is -2.38. The second kappa shape index (κ2) is 7.45. The molecule has 0 N–H and O–H groups in total. The Morgan fingerprint density at radius 2 is 2.27 bits per heavy atom.